The number of hydrogen-bond acceptors (Lipinski definition) is 3. The fourth-order valence-corrected chi connectivity index (χ4v) is 13.4. The van der Waals surface area contributed by atoms with Crippen molar-refractivity contribution < 1.29 is 9.90 Å². The molecule has 1 aromatic heterocycles. The average molecular weight is 619 g/mol. The van der Waals surface area contributed by atoms with Crippen LogP contribution in [0.5, 0.6) is 0 Å². The van der Waals surface area contributed by atoms with Crippen LogP contribution in [0.3, 0.4) is 0 Å². The second-order valence-electron chi connectivity index (χ2n) is 17.8. The standard InChI is InChI=1S/C39H55ClN2O2/c1-23(2)33-28(43)20-39(21-32-41-22-27(42-32)24-8-10-25(40)11-9-24)19-18-37(6)26(34(33)39)12-13-30-36(5)16-15-31(44)35(3,4)29(36)14-17-38(30,37)7/h8-11,22-23,26,29-31,33-34,44H,12-21H2,1-7H3,(H,41,42)/t26-,29+,30-,31+,33?,34?,36+,37-,38-,39?/m1/s1. The monoisotopic (exact) mass is 618 g/mol. The van der Waals surface area contributed by atoms with Gasteiger partial charge in [-0.3, -0.25) is 4.79 Å². The van der Waals surface area contributed by atoms with E-state index in [4.69, 9.17) is 16.6 Å². The first-order chi connectivity index (χ1) is 20.7. The van der Waals surface area contributed by atoms with Crippen molar-refractivity contribution in [2.45, 2.75) is 119 Å². The molecular formula is C39H55ClN2O2. The first-order valence-corrected chi connectivity index (χ1v) is 18.0. The number of aliphatic hydroxyl groups is 1. The summed E-state index contributed by atoms with van der Waals surface area (Å²) >= 11 is 6.16. The number of H-pyrrole nitrogens is 1. The van der Waals surface area contributed by atoms with Crippen LogP contribution >= 0.6 is 11.6 Å². The molecular weight excluding hydrogens is 564 g/mol. The van der Waals surface area contributed by atoms with Crippen LogP contribution in [0.1, 0.15) is 112 Å². The minimum Gasteiger partial charge on any atom is -0.393 e. The minimum atomic E-state index is -0.190. The summed E-state index contributed by atoms with van der Waals surface area (Å²) < 4.78 is 0. The average Bonchev–Trinajstić information content (AvgIpc) is 3.53. The second kappa shape index (κ2) is 10.2. The third-order valence-electron chi connectivity index (χ3n) is 15.5. The Labute approximate surface area is 270 Å². The number of Topliss-reactive ketones (excluding diaryl/α,β-unsaturated/α-hetero) is 1. The Morgan fingerprint density at radius 2 is 1.66 bits per heavy atom. The lowest BCUT2D eigenvalue weighted by molar-refractivity contribution is -0.249. The molecule has 44 heavy (non-hydrogen) atoms. The first-order valence-electron chi connectivity index (χ1n) is 17.7. The SMILES string of the molecule is CC(C)C1C(=O)CC2(Cc3ncc(-c4ccc(Cl)cc4)[nH]3)CC[C@]3(C)[C@H](CC[C@@H]4[C@@]5(C)CC[C@H](O)C(C)(C)[C@@H]5CC[C@]43C)C12. The highest BCUT2D eigenvalue weighted by Gasteiger charge is 2.71. The number of carbonyl (C=O) groups excluding carboxylic acids is 1. The molecule has 5 aliphatic rings. The maximum atomic E-state index is 14.1. The van der Waals surface area contributed by atoms with E-state index in [2.05, 4.69) is 53.5 Å². The number of aromatic nitrogens is 2. The molecule has 4 nitrogen and oxygen atoms in total. The van der Waals surface area contributed by atoms with Gasteiger partial charge in [-0.25, -0.2) is 4.98 Å². The number of nitrogens with one attached hydrogen (secondary N) is 1. The Bertz CT molecular complexity index is 1430. The summed E-state index contributed by atoms with van der Waals surface area (Å²) in [6, 6.07) is 7.95. The number of rotatable bonds is 4. The van der Waals surface area contributed by atoms with Gasteiger partial charge >= 0.3 is 0 Å². The van der Waals surface area contributed by atoms with Gasteiger partial charge in [-0.1, -0.05) is 72.2 Å². The van der Waals surface area contributed by atoms with E-state index in [-0.39, 0.29) is 39.1 Å². The third kappa shape index (κ3) is 4.17. The van der Waals surface area contributed by atoms with Crippen LogP contribution in [0.4, 0.5) is 0 Å². The molecule has 0 spiro atoms. The van der Waals surface area contributed by atoms with Crippen molar-refractivity contribution in [3.8, 4) is 11.3 Å². The lowest BCUT2D eigenvalue weighted by atomic mass is 9.32. The van der Waals surface area contributed by atoms with E-state index in [9.17, 15) is 9.90 Å². The van der Waals surface area contributed by atoms with Crippen LogP contribution in [-0.2, 0) is 11.2 Å². The molecule has 5 heteroatoms. The first kappa shape index (κ1) is 31.0. The molecule has 2 aromatic rings. The molecule has 5 fully saturated rings. The van der Waals surface area contributed by atoms with E-state index in [1.165, 1.54) is 32.1 Å². The van der Waals surface area contributed by atoms with Crippen molar-refractivity contribution in [2.75, 3.05) is 0 Å². The molecule has 0 saturated heterocycles. The third-order valence-corrected chi connectivity index (χ3v) is 15.8. The zero-order chi connectivity index (χ0) is 31.4. The van der Waals surface area contributed by atoms with Crippen LogP contribution in [0.2, 0.25) is 5.02 Å². The normalized spacial score (nSPS) is 44.5. The molecule has 2 N–H and O–H groups in total. The van der Waals surface area contributed by atoms with E-state index in [0.717, 1.165) is 47.8 Å². The zero-order valence-electron chi connectivity index (χ0n) is 28.2. The Kier molecular flexibility index (Phi) is 7.16. The molecule has 5 saturated carbocycles. The highest BCUT2D eigenvalue weighted by molar-refractivity contribution is 6.30. The van der Waals surface area contributed by atoms with Gasteiger partial charge in [-0.15, -0.1) is 0 Å². The molecule has 5 aliphatic carbocycles. The molecule has 0 amide bonds. The minimum absolute atomic E-state index is 0.0213. The quantitative estimate of drug-likeness (QED) is 0.358. The highest BCUT2D eigenvalue weighted by Crippen LogP contribution is 2.77. The van der Waals surface area contributed by atoms with Crippen molar-refractivity contribution in [3.05, 3.63) is 41.3 Å². The number of aromatic amines is 1. The van der Waals surface area contributed by atoms with Gasteiger partial charge in [0.15, 0.2) is 0 Å². The number of nitrogens with zero attached hydrogens (tertiary/aromatic N) is 1. The number of imidazole rings is 1. The van der Waals surface area contributed by atoms with Gasteiger partial charge in [-0.05, 0) is 126 Å². The van der Waals surface area contributed by atoms with Crippen molar-refractivity contribution in [1.29, 1.82) is 0 Å². The second-order valence-corrected chi connectivity index (χ2v) is 18.2. The summed E-state index contributed by atoms with van der Waals surface area (Å²) in [5.41, 5.74) is 2.81. The van der Waals surface area contributed by atoms with Crippen LogP contribution < -0.4 is 0 Å². The lowest BCUT2D eigenvalue weighted by Crippen LogP contribution is -2.66. The molecule has 10 atom stereocenters. The van der Waals surface area contributed by atoms with E-state index in [0.29, 0.717) is 41.8 Å². The maximum absolute atomic E-state index is 14.1. The maximum Gasteiger partial charge on any atom is 0.137 e. The van der Waals surface area contributed by atoms with Gasteiger partial charge in [0, 0.05) is 23.8 Å². The van der Waals surface area contributed by atoms with Crippen LogP contribution in [0, 0.1) is 62.6 Å². The van der Waals surface area contributed by atoms with E-state index < -0.39 is 0 Å². The number of fused-ring (bicyclic) bond motifs is 7. The molecule has 1 heterocycles. The van der Waals surface area contributed by atoms with E-state index in [1.54, 1.807) is 0 Å². The summed E-state index contributed by atoms with van der Waals surface area (Å²) in [4.78, 5) is 22.6. The Balaban J connectivity index is 1.24. The Morgan fingerprint density at radius 3 is 2.36 bits per heavy atom. The topological polar surface area (TPSA) is 66.0 Å². The Hall–Kier alpha value is -1.65. The summed E-state index contributed by atoms with van der Waals surface area (Å²) in [6.07, 6.45) is 12.7. The lowest BCUT2D eigenvalue weighted by Gasteiger charge is -2.73. The van der Waals surface area contributed by atoms with Crippen LogP contribution in [-0.4, -0.2) is 27.0 Å². The van der Waals surface area contributed by atoms with Crippen LogP contribution in [0.25, 0.3) is 11.3 Å². The molecule has 7 rings (SSSR count). The molecule has 0 radical (unpaired) electrons. The number of benzene rings is 1. The van der Waals surface area contributed by atoms with Gasteiger partial charge in [0.2, 0.25) is 0 Å². The predicted molar refractivity (Wildman–Crippen MR) is 178 cm³/mol. The van der Waals surface area contributed by atoms with Crippen molar-refractivity contribution in [1.82, 2.24) is 9.97 Å². The number of halogens is 1. The number of carbonyl (C=O) groups is 1. The van der Waals surface area contributed by atoms with Crippen LogP contribution in [0.15, 0.2) is 30.5 Å². The number of aliphatic hydroxyl groups excluding tert-OH is 1. The largest absolute Gasteiger partial charge is 0.393 e. The highest BCUT2D eigenvalue weighted by atomic mass is 35.5. The van der Waals surface area contributed by atoms with E-state index in [1.807, 2.05) is 30.5 Å². The smallest absolute Gasteiger partial charge is 0.137 e. The molecule has 240 valence electrons. The predicted octanol–water partition coefficient (Wildman–Crippen LogP) is 9.55. The fraction of sp³-hybridized carbons (Fsp3) is 0.744. The van der Waals surface area contributed by atoms with Crippen molar-refractivity contribution >= 4 is 17.4 Å². The zero-order valence-corrected chi connectivity index (χ0v) is 28.9. The summed E-state index contributed by atoms with van der Waals surface area (Å²) in [7, 11) is 0. The van der Waals surface area contributed by atoms with E-state index >= 15 is 0 Å². The summed E-state index contributed by atoms with van der Waals surface area (Å²) in [5, 5.41) is 11.8. The molecule has 0 aliphatic heterocycles. The number of hydrogen-bond donors (Lipinski definition) is 2. The molecule has 0 bridgehead atoms. The van der Waals surface area contributed by atoms with Gasteiger partial charge < -0.3 is 10.1 Å². The summed E-state index contributed by atoms with van der Waals surface area (Å²) in [5.74, 6) is 4.25. The Morgan fingerprint density at radius 1 is 0.932 bits per heavy atom. The van der Waals surface area contributed by atoms with Crippen molar-refractivity contribution in [2.24, 2.45) is 62.6 Å². The molecule has 3 unspecified atom stereocenters. The van der Waals surface area contributed by atoms with Gasteiger partial charge in [-0.2, -0.15) is 0 Å². The molecule has 1 aromatic carbocycles. The number of ketones is 1. The fourth-order valence-electron chi connectivity index (χ4n) is 13.2. The van der Waals surface area contributed by atoms with Gasteiger partial charge in [0.05, 0.1) is 18.0 Å². The summed E-state index contributed by atoms with van der Waals surface area (Å²) in [6.45, 7) is 17.2. The van der Waals surface area contributed by atoms with Gasteiger partial charge in [0.25, 0.3) is 0 Å². The van der Waals surface area contributed by atoms with Crippen molar-refractivity contribution in [3.63, 3.8) is 0 Å². The van der Waals surface area contributed by atoms with Gasteiger partial charge in [0.1, 0.15) is 11.6 Å².